The molecule has 0 aliphatic carbocycles. The summed E-state index contributed by atoms with van der Waals surface area (Å²) in [6, 6.07) is 18.6. The highest BCUT2D eigenvalue weighted by atomic mass is 16.5. The van der Waals surface area contributed by atoms with E-state index in [2.05, 4.69) is 17.6 Å². The van der Waals surface area contributed by atoms with E-state index in [-0.39, 0.29) is 12.5 Å². The van der Waals surface area contributed by atoms with Crippen LogP contribution in [0.1, 0.15) is 108 Å². The van der Waals surface area contributed by atoms with E-state index >= 15 is 0 Å². The van der Waals surface area contributed by atoms with Crippen LogP contribution in [0.25, 0.3) is 0 Å². The van der Waals surface area contributed by atoms with Crippen LogP contribution >= 0.6 is 0 Å². The summed E-state index contributed by atoms with van der Waals surface area (Å²) in [6.45, 7) is 3.07. The third-order valence-electron chi connectivity index (χ3n) is 6.93. The molecule has 2 rings (SSSR count). The van der Waals surface area contributed by atoms with Crippen molar-refractivity contribution in [3.8, 4) is 0 Å². The number of alkyl carbamates (subject to hydrolysis) is 1. The lowest BCUT2D eigenvalue weighted by Gasteiger charge is -2.18. The van der Waals surface area contributed by atoms with E-state index in [0.717, 1.165) is 24.0 Å². The molecule has 5 nitrogen and oxygen atoms in total. The van der Waals surface area contributed by atoms with Crippen molar-refractivity contribution in [3.63, 3.8) is 0 Å². The molecule has 0 spiro atoms. The van der Waals surface area contributed by atoms with Gasteiger partial charge in [-0.05, 0) is 17.5 Å². The summed E-state index contributed by atoms with van der Waals surface area (Å²) in [7, 11) is 0. The van der Waals surface area contributed by atoms with Crippen LogP contribution < -0.4 is 10.6 Å². The fourth-order valence-electron chi connectivity index (χ4n) is 4.62. The minimum atomic E-state index is -0.674. The molecule has 0 saturated heterocycles. The van der Waals surface area contributed by atoms with Crippen LogP contribution in [0.4, 0.5) is 4.79 Å². The first-order chi connectivity index (χ1) is 18.7. The molecular formula is C33H50N2O3. The normalized spacial score (nSPS) is 11.6. The molecule has 0 aromatic heterocycles. The number of amides is 2. The summed E-state index contributed by atoms with van der Waals surface area (Å²) < 4.78 is 5.35. The van der Waals surface area contributed by atoms with Crippen LogP contribution in [0.3, 0.4) is 0 Å². The highest BCUT2D eigenvalue weighted by molar-refractivity contribution is 5.85. The summed E-state index contributed by atoms with van der Waals surface area (Å²) in [6.07, 6.45) is 18.1. The zero-order valence-electron chi connectivity index (χ0n) is 23.6. The van der Waals surface area contributed by atoms with Crippen molar-refractivity contribution < 1.29 is 14.3 Å². The molecule has 0 saturated carbocycles. The molecule has 2 N–H and O–H groups in total. The maximum absolute atomic E-state index is 12.9. The summed E-state index contributed by atoms with van der Waals surface area (Å²) in [5, 5.41) is 5.78. The van der Waals surface area contributed by atoms with Gasteiger partial charge in [0.2, 0.25) is 5.91 Å². The first kappa shape index (κ1) is 31.4. The number of rotatable bonds is 21. The van der Waals surface area contributed by atoms with Crippen LogP contribution in [-0.2, 0) is 22.6 Å². The van der Waals surface area contributed by atoms with Crippen molar-refractivity contribution in [1.82, 2.24) is 10.6 Å². The Hall–Kier alpha value is -2.82. The molecule has 0 fully saturated rings. The van der Waals surface area contributed by atoms with E-state index in [0.29, 0.717) is 13.0 Å². The molecule has 1 atom stereocenters. The van der Waals surface area contributed by atoms with Gasteiger partial charge in [0.15, 0.2) is 0 Å². The number of carbonyl (C=O) groups is 2. The molecule has 0 heterocycles. The molecule has 0 bridgehead atoms. The molecule has 5 heteroatoms. The predicted molar refractivity (Wildman–Crippen MR) is 157 cm³/mol. The Kier molecular flexibility index (Phi) is 17.5. The quantitative estimate of drug-likeness (QED) is 0.163. The van der Waals surface area contributed by atoms with Crippen molar-refractivity contribution in [2.45, 2.75) is 116 Å². The molecule has 2 amide bonds. The van der Waals surface area contributed by atoms with E-state index in [1.165, 1.54) is 77.0 Å². The van der Waals surface area contributed by atoms with Gasteiger partial charge in [-0.25, -0.2) is 4.79 Å². The van der Waals surface area contributed by atoms with Crippen LogP contribution in [0, 0.1) is 0 Å². The van der Waals surface area contributed by atoms with Crippen molar-refractivity contribution in [2.24, 2.45) is 0 Å². The highest BCUT2D eigenvalue weighted by Gasteiger charge is 2.21. The van der Waals surface area contributed by atoms with Crippen molar-refractivity contribution >= 4 is 12.0 Å². The van der Waals surface area contributed by atoms with E-state index in [1.807, 2.05) is 60.7 Å². The number of ether oxygens (including phenoxy) is 1. The second-order valence-corrected chi connectivity index (χ2v) is 10.3. The topological polar surface area (TPSA) is 67.4 Å². The number of unbranched alkanes of at least 4 members (excludes halogenated alkanes) is 13. The van der Waals surface area contributed by atoms with Gasteiger partial charge in [0.05, 0.1) is 0 Å². The predicted octanol–water partition coefficient (Wildman–Crippen LogP) is 8.12. The van der Waals surface area contributed by atoms with Crippen molar-refractivity contribution in [1.29, 1.82) is 0 Å². The highest BCUT2D eigenvalue weighted by Crippen LogP contribution is 2.13. The molecule has 0 unspecified atom stereocenters. The van der Waals surface area contributed by atoms with Gasteiger partial charge in [-0.1, -0.05) is 151 Å². The fourth-order valence-corrected chi connectivity index (χ4v) is 4.62. The van der Waals surface area contributed by atoms with Gasteiger partial charge in [0.1, 0.15) is 12.6 Å². The van der Waals surface area contributed by atoms with Gasteiger partial charge >= 0.3 is 6.09 Å². The second kappa shape index (κ2) is 21.2. The van der Waals surface area contributed by atoms with E-state index in [4.69, 9.17) is 4.74 Å². The van der Waals surface area contributed by atoms with Gasteiger partial charge < -0.3 is 15.4 Å². The number of nitrogens with one attached hydrogen (secondary N) is 2. The van der Waals surface area contributed by atoms with Gasteiger partial charge in [0.25, 0.3) is 0 Å². The minimum absolute atomic E-state index is 0.166. The Bertz CT molecular complexity index is 857. The first-order valence-corrected chi connectivity index (χ1v) is 15.0. The van der Waals surface area contributed by atoms with E-state index in [9.17, 15) is 9.59 Å². The maximum Gasteiger partial charge on any atom is 0.408 e. The fraction of sp³-hybridized carbons (Fsp3) is 0.576. The van der Waals surface area contributed by atoms with Gasteiger partial charge in [-0.15, -0.1) is 0 Å². The molecule has 38 heavy (non-hydrogen) atoms. The largest absolute Gasteiger partial charge is 0.445 e. The molecule has 0 radical (unpaired) electrons. The molecule has 0 aliphatic heterocycles. The van der Waals surface area contributed by atoms with Crippen LogP contribution in [0.15, 0.2) is 60.7 Å². The Morgan fingerprint density at radius 3 is 1.66 bits per heavy atom. The zero-order chi connectivity index (χ0) is 27.1. The Labute approximate surface area is 231 Å². The summed E-state index contributed by atoms with van der Waals surface area (Å²) in [5.74, 6) is -0.166. The van der Waals surface area contributed by atoms with Crippen LogP contribution in [0.5, 0.6) is 0 Å². The van der Waals surface area contributed by atoms with Gasteiger partial charge in [-0.3, -0.25) is 4.79 Å². The standard InChI is InChI=1S/C33H50N2O3/c1-2-3-4-5-6-7-8-9-10-11-12-13-14-21-26-34-32(36)31(27-29-22-17-15-18-23-29)35-33(37)38-28-30-24-19-16-20-25-30/h15-20,22-25,31H,2-14,21,26-28H2,1H3,(H,34,36)(H,35,37)/t31-/m0/s1. The smallest absolute Gasteiger partial charge is 0.408 e. The van der Waals surface area contributed by atoms with Crippen LogP contribution in [0.2, 0.25) is 0 Å². The molecular weight excluding hydrogens is 472 g/mol. The molecule has 2 aromatic rings. The SMILES string of the molecule is CCCCCCCCCCCCCCCCNC(=O)[C@H](Cc1ccccc1)NC(=O)OCc1ccccc1. The first-order valence-electron chi connectivity index (χ1n) is 15.0. The van der Waals surface area contributed by atoms with Crippen molar-refractivity contribution in [3.05, 3.63) is 71.8 Å². The Morgan fingerprint density at radius 2 is 1.13 bits per heavy atom. The average molecular weight is 523 g/mol. The molecule has 210 valence electrons. The third-order valence-corrected chi connectivity index (χ3v) is 6.93. The van der Waals surface area contributed by atoms with E-state index in [1.54, 1.807) is 0 Å². The van der Waals surface area contributed by atoms with Gasteiger partial charge in [-0.2, -0.15) is 0 Å². The summed E-state index contributed by atoms with van der Waals surface area (Å²) in [4.78, 5) is 25.3. The van der Waals surface area contributed by atoms with E-state index < -0.39 is 12.1 Å². The number of hydrogen-bond donors (Lipinski definition) is 2. The number of hydrogen-bond acceptors (Lipinski definition) is 3. The summed E-state index contributed by atoms with van der Waals surface area (Å²) >= 11 is 0. The second-order valence-electron chi connectivity index (χ2n) is 10.3. The third kappa shape index (κ3) is 15.4. The Balaban J connectivity index is 1.59. The lowest BCUT2D eigenvalue weighted by Crippen LogP contribution is -2.48. The minimum Gasteiger partial charge on any atom is -0.445 e. The number of benzene rings is 2. The van der Waals surface area contributed by atoms with Crippen LogP contribution in [-0.4, -0.2) is 24.6 Å². The van der Waals surface area contributed by atoms with Gasteiger partial charge in [0, 0.05) is 13.0 Å². The number of carbonyl (C=O) groups excluding carboxylic acids is 2. The maximum atomic E-state index is 12.9. The lowest BCUT2D eigenvalue weighted by molar-refractivity contribution is -0.123. The monoisotopic (exact) mass is 522 g/mol. The summed E-state index contributed by atoms with van der Waals surface area (Å²) in [5.41, 5.74) is 1.90. The zero-order valence-corrected chi connectivity index (χ0v) is 23.6. The lowest BCUT2D eigenvalue weighted by atomic mass is 10.0. The Morgan fingerprint density at radius 1 is 0.658 bits per heavy atom. The average Bonchev–Trinajstić information content (AvgIpc) is 2.94. The van der Waals surface area contributed by atoms with Crippen molar-refractivity contribution in [2.75, 3.05) is 6.54 Å². The molecule has 0 aliphatic rings. The molecule has 2 aromatic carbocycles.